The molecule has 0 saturated carbocycles. The normalized spacial score (nSPS) is 14.1. The standard InChI is InChI=1S/C12H20N4S2/c1-4-10-15-11(18-16-10)17-8-6-5-7-12(2,9-13)14-3/h14H,4-8H2,1-3H3. The molecule has 0 aliphatic carbocycles. The maximum absolute atomic E-state index is 9.02. The molecule has 0 aromatic carbocycles. The van der Waals surface area contributed by atoms with Crippen LogP contribution in [0.5, 0.6) is 0 Å². The molecule has 1 aromatic rings. The third-order valence-electron chi connectivity index (χ3n) is 2.86. The molecule has 18 heavy (non-hydrogen) atoms. The fourth-order valence-electron chi connectivity index (χ4n) is 1.42. The number of aryl methyl sites for hydroxylation is 1. The van der Waals surface area contributed by atoms with Gasteiger partial charge in [-0.25, -0.2) is 4.98 Å². The average Bonchev–Trinajstić information content (AvgIpc) is 2.86. The summed E-state index contributed by atoms with van der Waals surface area (Å²) < 4.78 is 5.31. The molecular formula is C12H20N4S2. The van der Waals surface area contributed by atoms with Crippen LogP contribution in [0, 0.1) is 11.3 Å². The van der Waals surface area contributed by atoms with Gasteiger partial charge in [0.2, 0.25) is 0 Å². The highest BCUT2D eigenvalue weighted by atomic mass is 32.2. The van der Waals surface area contributed by atoms with Gasteiger partial charge in [-0.2, -0.15) is 9.64 Å². The van der Waals surface area contributed by atoms with Crippen molar-refractivity contribution >= 4 is 23.3 Å². The summed E-state index contributed by atoms with van der Waals surface area (Å²) in [6.07, 6.45) is 3.94. The van der Waals surface area contributed by atoms with E-state index in [-0.39, 0.29) is 5.54 Å². The first-order valence-electron chi connectivity index (χ1n) is 6.19. The van der Waals surface area contributed by atoms with Gasteiger partial charge in [-0.3, -0.25) is 0 Å². The Kier molecular flexibility index (Phi) is 6.61. The molecular weight excluding hydrogens is 264 g/mol. The van der Waals surface area contributed by atoms with Crippen LogP contribution in [0.4, 0.5) is 0 Å². The molecule has 6 heteroatoms. The van der Waals surface area contributed by atoms with Gasteiger partial charge in [-0.05, 0) is 44.8 Å². The Labute approximate surface area is 117 Å². The van der Waals surface area contributed by atoms with Crippen molar-refractivity contribution in [2.75, 3.05) is 12.8 Å². The fraction of sp³-hybridized carbons (Fsp3) is 0.750. The smallest absolute Gasteiger partial charge is 0.170 e. The maximum Gasteiger partial charge on any atom is 0.170 e. The summed E-state index contributed by atoms with van der Waals surface area (Å²) in [7, 11) is 1.84. The summed E-state index contributed by atoms with van der Waals surface area (Å²) in [6.45, 7) is 4.01. The van der Waals surface area contributed by atoms with E-state index in [0.29, 0.717) is 0 Å². The Morgan fingerprint density at radius 2 is 2.28 bits per heavy atom. The van der Waals surface area contributed by atoms with E-state index in [9.17, 15) is 0 Å². The molecule has 0 spiro atoms. The van der Waals surface area contributed by atoms with E-state index in [1.165, 1.54) is 11.5 Å². The van der Waals surface area contributed by atoms with Crippen molar-refractivity contribution in [3.8, 4) is 6.07 Å². The predicted octanol–water partition coefficient (Wildman–Crippen LogP) is 2.86. The van der Waals surface area contributed by atoms with Crippen LogP contribution in [-0.4, -0.2) is 27.7 Å². The highest BCUT2D eigenvalue weighted by Gasteiger charge is 2.19. The monoisotopic (exact) mass is 284 g/mol. The first kappa shape index (κ1) is 15.4. The maximum atomic E-state index is 9.02. The zero-order valence-electron chi connectivity index (χ0n) is 11.2. The summed E-state index contributed by atoms with van der Waals surface area (Å²) in [4.78, 5) is 4.41. The van der Waals surface area contributed by atoms with Crippen LogP contribution in [0.1, 0.15) is 38.9 Å². The summed E-state index contributed by atoms with van der Waals surface area (Å²) in [5.74, 6) is 1.98. The van der Waals surface area contributed by atoms with Crippen molar-refractivity contribution in [2.24, 2.45) is 0 Å². The van der Waals surface area contributed by atoms with Gasteiger partial charge in [0.05, 0.1) is 6.07 Å². The third kappa shape index (κ3) is 4.92. The molecule has 0 aliphatic rings. The van der Waals surface area contributed by atoms with Crippen LogP contribution in [0.2, 0.25) is 0 Å². The minimum absolute atomic E-state index is 0.386. The highest BCUT2D eigenvalue weighted by Crippen LogP contribution is 2.22. The quantitative estimate of drug-likeness (QED) is 0.587. The Morgan fingerprint density at radius 1 is 1.50 bits per heavy atom. The van der Waals surface area contributed by atoms with Crippen LogP contribution in [0.3, 0.4) is 0 Å². The first-order chi connectivity index (χ1) is 8.63. The van der Waals surface area contributed by atoms with Crippen molar-refractivity contribution < 1.29 is 0 Å². The summed E-state index contributed by atoms with van der Waals surface area (Å²) in [5, 5.41) is 12.1. The average molecular weight is 284 g/mol. The fourth-order valence-corrected chi connectivity index (χ4v) is 3.18. The molecule has 0 amide bonds. The molecule has 0 saturated heterocycles. The van der Waals surface area contributed by atoms with Crippen LogP contribution >= 0.6 is 23.3 Å². The molecule has 0 radical (unpaired) electrons. The second kappa shape index (κ2) is 7.72. The van der Waals surface area contributed by atoms with E-state index in [2.05, 4.69) is 27.7 Å². The number of thioether (sulfide) groups is 1. The van der Waals surface area contributed by atoms with Crippen LogP contribution in [-0.2, 0) is 6.42 Å². The number of unbranched alkanes of at least 4 members (excludes halogenated alkanes) is 1. The van der Waals surface area contributed by atoms with Crippen molar-refractivity contribution in [1.29, 1.82) is 5.26 Å². The third-order valence-corrected chi connectivity index (χ3v) is 4.82. The predicted molar refractivity (Wildman–Crippen MR) is 76.9 cm³/mol. The lowest BCUT2D eigenvalue weighted by Crippen LogP contribution is -2.37. The minimum atomic E-state index is -0.386. The van der Waals surface area contributed by atoms with Gasteiger partial charge in [0.25, 0.3) is 0 Å². The molecule has 1 heterocycles. The van der Waals surface area contributed by atoms with Gasteiger partial charge < -0.3 is 5.32 Å². The van der Waals surface area contributed by atoms with E-state index >= 15 is 0 Å². The van der Waals surface area contributed by atoms with Crippen molar-refractivity contribution in [2.45, 2.75) is 49.4 Å². The molecule has 0 fully saturated rings. The largest absolute Gasteiger partial charge is 0.303 e. The van der Waals surface area contributed by atoms with Gasteiger partial charge in [-0.1, -0.05) is 18.7 Å². The molecule has 100 valence electrons. The van der Waals surface area contributed by atoms with Crippen LogP contribution < -0.4 is 5.32 Å². The second-order valence-corrected chi connectivity index (χ2v) is 6.42. The topological polar surface area (TPSA) is 61.6 Å². The van der Waals surface area contributed by atoms with Gasteiger partial charge >= 0.3 is 0 Å². The SMILES string of the molecule is CCc1nsc(SCCCCC(C)(C#N)NC)n1. The Morgan fingerprint density at radius 3 is 2.83 bits per heavy atom. The number of aromatic nitrogens is 2. The molecule has 4 nitrogen and oxygen atoms in total. The van der Waals surface area contributed by atoms with E-state index < -0.39 is 0 Å². The summed E-state index contributed by atoms with van der Waals surface area (Å²) >= 11 is 3.25. The number of nitrogens with one attached hydrogen (secondary N) is 1. The van der Waals surface area contributed by atoms with Gasteiger partial charge in [-0.15, -0.1) is 0 Å². The highest BCUT2D eigenvalue weighted by molar-refractivity contribution is 8.00. The number of hydrogen-bond acceptors (Lipinski definition) is 6. The molecule has 0 aliphatic heterocycles. The summed E-state index contributed by atoms with van der Waals surface area (Å²) in [6, 6.07) is 2.31. The van der Waals surface area contributed by atoms with E-state index in [1.54, 1.807) is 11.8 Å². The van der Waals surface area contributed by atoms with E-state index in [4.69, 9.17) is 5.26 Å². The molecule has 1 unspecified atom stereocenters. The van der Waals surface area contributed by atoms with Gasteiger partial charge in [0, 0.05) is 12.2 Å². The summed E-state index contributed by atoms with van der Waals surface area (Å²) in [5.41, 5.74) is -0.386. The number of hydrogen-bond donors (Lipinski definition) is 1. The lowest BCUT2D eigenvalue weighted by Gasteiger charge is -2.19. The Hall–Kier alpha value is -0.640. The van der Waals surface area contributed by atoms with Crippen molar-refractivity contribution in [1.82, 2.24) is 14.7 Å². The second-order valence-electron chi connectivity index (χ2n) is 4.33. The number of rotatable bonds is 8. The van der Waals surface area contributed by atoms with E-state index in [1.807, 2.05) is 14.0 Å². The first-order valence-corrected chi connectivity index (χ1v) is 7.95. The number of nitrogens with zero attached hydrogens (tertiary/aromatic N) is 3. The molecule has 1 N–H and O–H groups in total. The molecule has 1 atom stereocenters. The Bertz CT molecular complexity index is 399. The van der Waals surface area contributed by atoms with Gasteiger partial charge in [0.1, 0.15) is 11.4 Å². The number of nitriles is 1. The van der Waals surface area contributed by atoms with Crippen molar-refractivity contribution in [3.05, 3.63) is 5.82 Å². The van der Waals surface area contributed by atoms with Gasteiger partial charge in [0.15, 0.2) is 4.34 Å². The molecule has 1 rings (SSSR count). The van der Waals surface area contributed by atoms with E-state index in [0.717, 1.165) is 41.6 Å². The lowest BCUT2D eigenvalue weighted by atomic mass is 9.97. The van der Waals surface area contributed by atoms with Crippen molar-refractivity contribution in [3.63, 3.8) is 0 Å². The molecule has 0 bridgehead atoms. The van der Waals surface area contributed by atoms with Crippen LogP contribution in [0.15, 0.2) is 4.34 Å². The molecule has 1 aromatic heterocycles. The lowest BCUT2D eigenvalue weighted by molar-refractivity contribution is 0.439. The zero-order chi connectivity index (χ0) is 13.4. The zero-order valence-corrected chi connectivity index (χ0v) is 12.8. The van der Waals surface area contributed by atoms with Crippen LogP contribution in [0.25, 0.3) is 0 Å². The minimum Gasteiger partial charge on any atom is -0.303 e. The Balaban J connectivity index is 2.18.